The zero-order valence-corrected chi connectivity index (χ0v) is 7.02. The number of rotatable bonds is 0. The van der Waals surface area contributed by atoms with Crippen molar-refractivity contribution in [2.24, 2.45) is 11.8 Å². The van der Waals surface area contributed by atoms with Crippen molar-refractivity contribution in [2.45, 2.75) is 29.7 Å². The van der Waals surface area contributed by atoms with Gasteiger partial charge in [0.15, 0.2) is 0 Å². The Bertz CT molecular complexity index is 149. The Morgan fingerprint density at radius 2 is 1.80 bits per heavy atom. The molecular weight excluding hydrogens is 171 g/mol. The Hall–Kier alpha value is 0.540. The van der Waals surface area contributed by atoms with Crippen LogP contribution in [0.15, 0.2) is 0 Å². The Morgan fingerprint density at radius 3 is 2.20 bits per heavy atom. The second-order valence-electron chi connectivity index (χ2n) is 3.35. The van der Waals surface area contributed by atoms with E-state index >= 15 is 0 Å². The molecule has 2 bridgehead atoms. The topological polar surface area (TPSA) is 20.2 Å². The fraction of sp³-hybridized carbons (Fsp3) is 1.00. The van der Waals surface area contributed by atoms with E-state index in [1.165, 1.54) is 0 Å². The summed E-state index contributed by atoms with van der Waals surface area (Å²) in [6.07, 6.45) is 1.72. The molecule has 0 aromatic rings. The van der Waals surface area contributed by atoms with E-state index in [1.54, 1.807) is 0 Å². The van der Waals surface area contributed by atoms with Crippen molar-refractivity contribution in [1.29, 1.82) is 0 Å². The van der Waals surface area contributed by atoms with Crippen LogP contribution in [0.5, 0.6) is 0 Å². The summed E-state index contributed by atoms with van der Waals surface area (Å²) in [7, 11) is 0. The first-order valence-electron chi connectivity index (χ1n) is 3.66. The number of fused-ring (bicyclic) bond motifs is 2. The molecule has 2 aliphatic rings. The average molecular weight is 181 g/mol. The van der Waals surface area contributed by atoms with Crippen molar-refractivity contribution in [1.82, 2.24) is 0 Å². The molecule has 2 fully saturated rings. The molecule has 0 amide bonds. The maximum absolute atomic E-state index is 9.36. The zero-order chi connectivity index (χ0) is 7.30. The molecular formula is C7H10Cl2O. The Balaban J connectivity index is 2.16. The molecule has 58 valence electrons. The molecule has 1 N–H and O–H groups in total. The van der Waals surface area contributed by atoms with Gasteiger partial charge in [-0.2, -0.15) is 0 Å². The molecule has 0 unspecified atom stereocenters. The SMILES string of the molecule is O[C@@H]1C[C@@H]2C[C@H]1[C@H](Cl)[C@@H]2Cl. The van der Waals surface area contributed by atoms with E-state index < -0.39 is 0 Å². The molecule has 1 nitrogen and oxygen atoms in total. The highest BCUT2D eigenvalue weighted by Crippen LogP contribution is 2.49. The highest BCUT2D eigenvalue weighted by molar-refractivity contribution is 6.30. The van der Waals surface area contributed by atoms with Crippen LogP contribution >= 0.6 is 23.2 Å². The molecule has 0 radical (unpaired) electrons. The molecule has 0 aromatic carbocycles. The van der Waals surface area contributed by atoms with E-state index in [2.05, 4.69) is 0 Å². The summed E-state index contributed by atoms with van der Waals surface area (Å²) in [5.74, 6) is 0.748. The van der Waals surface area contributed by atoms with E-state index in [0.717, 1.165) is 12.8 Å². The van der Waals surface area contributed by atoms with Crippen molar-refractivity contribution in [3.63, 3.8) is 0 Å². The van der Waals surface area contributed by atoms with Gasteiger partial charge in [0.25, 0.3) is 0 Å². The first kappa shape index (κ1) is 7.20. The summed E-state index contributed by atoms with van der Waals surface area (Å²) in [6.45, 7) is 0. The Kier molecular flexibility index (Phi) is 1.63. The molecule has 2 rings (SSSR count). The summed E-state index contributed by atoms with van der Waals surface area (Å²) in [6, 6.07) is 0. The average Bonchev–Trinajstić information content (AvgIpc) is 2.36. The second kappa shape index (κ2) is 2.26. The molecule has 0 saturated heterocycles. The van der Waals surface area contributed by atoms with Gasteiger partial charge in [-0.05, 0) is 18.8 Å². The molecule has 0 spiro atoms. The summed E-state index contributed by atoms with van der Waals surface area (Å²) in [4.78, 5) is 0. The minimum absolute atomic E-state index is 0.00965. The molecule has 0 aromatic heterocycles. The lowest BCUT2D eigenvalue weighted by Crippen LogP contribution is -2.32. The third-order valence-corrected chi connectivity index (χ3v) is 4.13. The fourth-order valence-corrected chi connectivity index (χ4v) is 3.06. The van der Waals surface area contributed by atoms with Crippen LogP contribution in [0.3, 0.4) is 0 Å². The predicted octanol–water partition coefficient (Wildman–Crippen LogP) is 1.60. The Morgan fingerprint density at radius 1 is 1.10 bits per heavy atom. The highest BCUT2D eigenvalue weighted by atomic mass is 35.5. The minimum Gasteiger partial charge on any atom is -0.393 e. The van der Waals surface area contributed by atoms with Crippen LogP contribution in [0.2, 0.25) is 0 Å². The number of hydrogen-bond donors (Lipinski definition) is 1. The van der Waals surface area contributed by atoms with Crippen molar-refractivity contribution in [2.75, 3.05) is 0 Å². The normalized spacial score (nSPS) is 59.7. The monoisotopic (exact) mass is 180 g/mol. The smallest absolute Gasteiger partial charge is 0.0586 e. The van der Waals surface area contributed by atoms with Crippen LogP contribution in [-0.2, 0) is 0 Å². The lowest BCUT2D eigenvalue weighted by atomic mass is 9.97. The van der Waals surface area contributed by atoms with Crippen molar-refractivity contribution >= 4 is 23.2 Å². The standard InChI is InChI=1S/C7H10Cl2O/c8-6-3-1-4(7(6)9)5(10)2-3/h3-7,10H,1-2H2/t3-,4+,5+,6+,7-/m0/s1. The molecule has 2 aliphatic carbocycles. The van der Waals surface area contributed by atoms with Gasteiger partial charge >= 0.3 is 0 Å². The van der Waals surface area contributed by atoms with E-state index in [0.29, 0.717) is 5.92 Å². The summed E-state index contributed by atoms with van der Waals surface area (Å²) in [5.41, 5.74) is 0. The van der Waals surface area contributed by atoms with Crippen LogP contribution in [0.25, 0.3) is 0 Å². The van der Waals surface area contributed by atoms with Gasteiger partial charge in [-0.25, -0.2) is 0 Å². The van der Waals surface area contributed by atoms with Gasteiger partial charge in [-0.3, -0.25) is 0 Å². The third kappa shape index (κ3) is 0.806. The van der Waals surface area contributed by atoms with Crippen molar-refractivity contribution < 1.29 is 5.11 Å². The Labute approximate surface area is 70.3 Å². The van der Waals surface area contributed by atoms with Crippen LogP contribution in [0.1, 0.15) is 12.8 Å². The minimum atomic E-state index is -0.178. The molecule has 10 heavy (non-hydrogen) atoms. The summed E-state index contributed by atoms with van der Waals surface area (Å²) >= 11 is 11.9. The maximum Gasteiger partial charge on any atom is 0.0586 e. The third-order valence-electron chi connectivity index (χ3n) is 2.78. The zero-order valence-electron chi connectivity index (χ0n) is 5.50. The van der Waals surface area contributed by atoms with Crippen LogP contribution in [0.4, 0.5) is 0 Å². The van der Waals surface area contributed by atoms with Gasteiger partial charge in [0.05, 0.1) is 16.9 Å². The van der Waals surface area contributed by atoms with Crippen LogP contribution in [-0.4, -0.2) is 22.0 Å². The quantitative estimate of drug-likeness (QED) is 0.562. The van der Waals surface area contributed by atoms with E-state index in [9.17, 15) is 5.11 Å². The van der Waals surface area contributed by atoms with Crippen LogP contribution in [0, 0.1) is 11.8 Å². The summed E-state index contributed by atoms with van der Waals surface area (Å²) in [5, 5.41) is 9.48. The first-order valence-corrected chi connectivity index (χ1v) is 4.53. The number of halogens is 2. The lowest BCUT2D eigenvalue weighted by molar-refractivity contribution is 0.117. The molecule has 3 heteroatoms. The maximum atomic E-state index is 9.36. The number of aliphatic hydroxyl groups excluding tert-OH is 1. The van der Waals surface area contributed by atoms with Gasteiger partial charge in [0.2, 0.25) is 0 Å². The fourth-order valence-electron chi connectivity index (χ4n) is 2.19. The van der Waals surface area contributed by atoms with E-state index in [-0.39, 0.29) is 22.8 Å². The van der Waals surface area contributed by atoms with Crippen molar-refractivity contribution in [3.8, 4) is 0 Å². The van der Waals surface area contributed by atoms with Crippen molar-refractivity contribution in [3.05, 3.63) is 0 Å². The molecule has 2 saturated carbocycles. The largest absolute Gasteiger partial charge is 0.393 e. The predicted molar refractivity (Wildman–Crippen MR) is 41.5 cm³/mol. The van der Waals surface area contributed by atoms with E-state index in [4.69, 9.17) is 23.2 Å². The van der Waals surface area contributed by atoms with Crippen LogP contribution < -0.4 is 0 Å². The van der Waals surface area contributed by atoms with Gasteiger partial charge in [0.1, 0.15) is 0 Å². The summed E-state index contributed by atoms with van der Waals surface area (Å²) < 4.78 is 0. The number of aliphatic hydroxyl groups is 1. The second-order valence-corrected chi connectivity index (χ2v) is 4.36. The van der Waals surface area contributed by atoms with Gasteiger partial charge in [0, 0.05) is 5.92 Å². The molecule has 0 aliphatic heterocycles. The first-order chi connectivity index (χ1) is 4.70. The molecule has 5 atom stereocenters. The number of alkyl halides is 2. The lowest BCUT2D eigenvalue weighted by Gasteiger charge is -2.24. The number of hydrogen-bond acceptors (Lipinski definition) is 1. The van der Waals surface area contributed by atoms with Gasteiger partial charge < -0.3 is 5.11 Å². The van der Waals surface area contributed by atoms with Gasteiger partial charge in [-0.15, -0.1) is 23.2 Å². The highest BCUT2D eigenvalue weighted by Gasteiger charge is 2.50. The van der Waals surface area contributed by atoms with Gasteiger partial charge in [-0.1, -0.05) is 0 Å². The molecule has 0 heterocycles. The van der Waals surface area contributed by atoms with E-state index in [1.807, 2.05) is 0 Å².